The van der Waals surface area contributed by atoms with Crippen LogP contribution in [0.1, 0.15) is 12.0 Å². The summed E-state index contributed by atoms with van der Waals surface area (Å²) in [5.41, 5.74) is 1.33. The van der Waals surface area contributed by atoms with E-state index in [9.17, 15) is 5.11 Å². The van der Waals surface area contributed by atoms with Crippen molar-refractivity contribution in [3.05, 3.63) is 59.2 Å². The van der Waals surface area contributed by atoms with E-state index < -0.39 is 6.29 Å². The van der Waals surface area contributed by atoms with Gasteiger partial charge in [0.05, 0.1) is 11.2 Å². The van der Waals surface area contributed by atoms with Gasteiger partial charge in [-0.1, -0.05) is 29.8 Å². The molecule has 0 aliphatic rings. The molecule has 3 aromatic rings. The summed E-state index contributed by atoms with van der Waals surface area (Å²) >= 11 is 6.12. The van der Waals surface area contributed by atoms with Crippen LogP contribution in [0, 0.1) is 0 Å². The minimum Gasteiger partial charge on any atom is -0.457 e. The van der Waals surface area contributed by atoms with E-state index in [-0.39, 0.29) is 0 Å². The molecule has 1 atom stereocenters. The quantitative estimate of drug-likeness (QED) is 0.708. The minimum atomic E-state index is -1.01. The van der Waals surface area contributed by atoms with Gasteiger partial charge in [-0.3, -0.25) is 0 Å². The maximum absolute atomic E-state index is 9.75. The van der Waals surface area contributed by atoms with Crippen LogP contribution < -0.4 is 4.74 Å². The average Bonchev–Trinajstić information content (AvgIpc) is 2.91. The first-order valence-corrected chi connectivity index (χ1v) is 6.81. The van der Waals surface area contributed by atoms with Gasteiger partial charge in [0, 0.05) is 23.6 Å². The summed E-state index contributed by atoms with van der Waals surface area (Å²) in [5.74, 6) is 1.34. The number of ether oxygens (including phenoxy) is 2. The van der Waals surface area contributed by atoms with Crippen molar-refractivity contribution in [2.75, 3.05) is 7.11 Å². The molecule has 2 N–H and O–H groups in total. The van der Waals surface area contributed by atoms with Crippen LogP contribution in [0.5, 0.6) is 11.5 Å². The van der Waals surface area contributed by atoms with Crippen LogP contribution in [0.25, 0.3) is 10.9 Å². The predicted octanol–water partition coefficient (Wildman–Crippen LogP) is 4.25. The third-order valence-electron chi connectivity index (χ3n) is 3.15. The highest BCUT2D eigenvalue weighted by Gasteiger charge is 2.14. The van der Waals surface area contributed by atoms with Crippen LogP contribution in [-0.4, -0.2) is 17.2 Å². The summed E-state index contributed by atoms with van der Waals surface area (Å²) in [7, 11) is 1.44. The molecule has 2 aromatic carbocycles. The molecule has 3 rings (SSSR count). The molecule has 1 heterocycles. The monoisotopic (exact) mass is 303 g/mol. The molecule has 0 fully saturated rings. The Morgan fingerprint density at radius 3 is 2.62 bits per heavy atom. The van der Waals surface area contributed by atoms with Crippen molar-refractivity contribution < 1.29 is 14.6 Å². The van der Waals surface area contributed by atoms with Gasteiger partial charge in [-0.05, 0) is 24.3 Å². The highest BCUT2D eigenvalue weighted by atomic mass is 35.5. The van der Waals surface area contributed by atoms with Gasteiger partial charge < -0.3 is 19.6 Å². The molecule has 0 saturated carbocycles. The Hall–Kier alpha value is -2.01. The second-order valence-electron chi connectivity index (χ2n) is 4.59. The first-order chi connectivity index (χ1) is 10.2. The van der Waals surface area contributed by atoms with Crippen LogP contribution in [-0.2, 0) is 4.74 Å². The number of halogens is 1. The number of benzene rings is 2. The summed E-state index contributed by atoms with van der Waals surface area (Å²) < 4.78 is 10.8. The Morgan fingerprint density at radius 2 is 1.90 bits per heavy atom. The van der Waals surface area contributed by atoms with Gasteiger partial charge in [0.15, 0.2) is 6.29 Å². The van der Waals surface area contributed by atoms with E-state index in [2.05, 4.69) is 4.98 Å². The van der Waals surface area contributed by atoms with Gasteiger partial charge in [0.25, 0.3) is 0 Å². The number of hydrogen-bond acceptors (Lipinski definition) is 3. The lowest BCUT2D eigenvalue weighted by Crippen LogP contribution is -1.98. The van der Waals surface area contributed by atoms with E-state index in [1.54, 1.807) is 18.2 Å². The van der Waals surface area contributed by atoms with E-state index in [1.807, 2.05) is 30.3 Å². The number of fused-ring (bicyclic) bond motifs is 1. The molecule has 5 heteroatoms. The molecule has 0 bridgehead atoms. The van der Waals surface area contributed by atoms with Crippen molar-refractivity contribution >= 4 is 22.5 Å². The SMILES string of the molecule is CO[C@H](O)c1cc2c(Oc3ccccc3)cc(Cl)cc2[nH]1. The van der Waals surface area contributed by atoms with Gasteiger partial charge in [-0.2, -0.15) is 0 Å². The zero-order valence-corrected chi connectivity index (χ0v) is 12.1. The normalized spacial score (nSPS) is 12.5. The zero-order chi connectivity index (χ0) is 14.8. The van der Waals surface area contributed by atoms with Crippen molar-refractivity contribution in [3.63, 3.8) is 0 Å². The van der Waals surface area contributed by atoms with Crippen molar-refractivity contribution in [2.45, 2.75) is 6.29 Å². The van der Waals surface area contributed by atoms with E-state index in [0.717, 1.165) is 16.7 Å². The Bertz CT molecular complexity index is 755. The lowest BCUT2D eigenvalue weighted by atomic mass is 10.2. The van der Waals surface area contributed by atoms with Crippen molar-refractivity contribution in [2.24, 2.45) is 0 Å². The largest absolute Gasteiger partial charge is 0.457 e. The lowest BCUT2D eigenvalue weighted by molar-refractivity contribution is -0.0794. The number of aromatic nitrogens is 1. The minimum absolute atomic E-state index is 0.549. The molecule has 0 spiro atoms. The molecule has 0 aliphatic carbocycles. The van der Waals surface area contributed by atoms with Gasteiger partial charge in [0.1, 0.15) is 11.5 Å². The van der Waals surface area contributed by atoms with E-state index in [1.165, 1.54) is 7.11 Å². The number of aliphatic hydroxyl groups is 1. The van der Waals surface area contributed by atoms with Crippen LogP contribution >= 0.6 is 11.6 Å². The van der Waals surface area contributed by atoms with Crippen molar-refractivity contribution in [3.8, 4) is 11.5 Å². The lowest BCUT2D eigenvalue weighted by Gasteiger charge is -2.07. The number of nitrogens with one attached hydrogen (secondary N) is 1. The molecule has 21 heavy (non-hydrogen) atoms. The third-order valence-corrected chi connectivity index (χ3v) is 3.36. The van der Waals surface area contributed by atoms with Crippen LogP contribution in [0.3, 0.4) is 0 Å². The van der Waals surface area contributed by atoms with Gasteiger partial charge in [0.2, 0.25) is 0 Å². The number of hydrogen-bond donors (Lipinski definition) is 2. The molecule has 4 nitrogen and oxygen atoms in total. The van der Waals surface area contributed by atoms with Crippen molar-refractivity contribution in [1.29, 1.82) is 0 Å². The van der Waals surface area contributed by atoms with E-state index >= 15 is 0 Å². The van der Waals surface area contributed by atoms with Crippen LogP contribution in [0.15, 0.2) is 48.5 Å². The Labute approximate surface area is 126 Å². The maximum atomic E-state index is 9.75. The molecule has 0 unspecified atom stereocenters. The summed E-state index contributed by atoms with van der Waals surface area (Å²) in [4.78, 5) is 3.07. The Kier molecular flexibility index (Phi) is 3.84. The predicted molar refractivity (Wildman–Crippen MR) is 81.8 cm³/mol. The van der Waals surface area contributed by atoms with E-state index in [0.29, 0.717) is 16.5 Å². The highest BCUT2D eigenvalue weighted by molar-refractivity contribution is 6.31. The van der Waals surface area contributed by atoms with Crippen LogP contribution in [0.4, 0.5) is 0 Å². The number of H-pyrrole nitrogens is 1. The summed E-state index contributed by atoms with van der Waals surface area (Å²) in [6.07, 6.45) is -1.01. The summed E-state index contributed by atoms with van der Waals surface area (Å²) in [5, 5.41) is 11.1. The zero-order valence-electron chi connectivity index (χ0n) is 11.3. The number of aliphatic hydroxyl groups excluding tert-OH is 1. The van der Waals surface area contributed by atoms with Crippen molar-refractivity contribution in [1.82, 2.24) is 4.98 Å². The highest BCUT2D eigenvalue weighted by Crippen LogP contribution is 2.34. The standard InChI is InChI=1S/C16H14ClNO3/c1-20-16(19)14-9-12-13(18-14)7-10(17)8-15(12)21-11-5-3-2-4-6-11/h2-9,16,18-19H,1H3/t16-/m0/s1. The third kappa shape index (κ3) is 2.88. The average molecular weight is 304 g/mol. The fourth-order valence-corrected chi connectivity index (χ4v) is 2.36. The van der Waals surface area contributed by atoms with Gasteiger partial charge in [-0.25, -0.2) is 0 Å². The van der Waals surface area contributed by atoms with Crippen LogP contribution in [0.2, 0.25) is 5.02 Å². The number of methoxy groups -OCH3 is 1. The second-order valence-corrected chi connectivity index (χ2v) is 5.03. The molecular weight excluding hydrogens is 290 g/mol. The topological polar surface area (TPSA) is 54.5 Å². The fraction of sp³-hybridized carbons (Fsp3) is 0.125. The molecule has 0 aliphatic heterocycles. The molecule has 0 radical (unpaired) electrons. The van der Waals surface area contributed by atoms with E-state index in [4.69, 9.17) is 21.1 Å². The Balaban J connectivity index is 2.06. The molecular formula is C16H14ClNO3. The summed E-state index contributed by atoms with van der Waals surface area (Å²) in [6.45, 7) is 0. The maximum Gasteiger partial charge on any atom is 0.196 e. The number of rotatable bonds is 4. The molecule has 108 valence electrons. The Morgan fingerprint density at radius 1 is 1.14 bits per heavy atom. The number of para-hydroxylation sites is 1. The van der Waals surface area contributed by atoms with Gasteiger partial charge >= 0.3 is 0 Å². The molecule has 0 amide bonds. The first kappa shape index (κ1) is 13.9. The second kappa shape index (κ2) is 5.77. The smallest absolute Gasteiger partial charge is 0.196 e. The first-order valence-electron chi connectivity index (χ1n) is 6.43. The summed E-state index contributed by atoms with van der Waals surface area (Å²) in [6, 6.07) is 14.8. The molecule has 0 saturated heterocycles. The molecule has 1 aromatic heterocycles. The number of aromatic amines is 1. The fourth-order valence-electron chi connectivity index (χ4n) is 2.15. The van der Waals surface area contributed by atoms with Gasteiger partial charge in [-0.15, -0.1) is 0 Å².